The van der Waals surface area contributed by atoms with E-state index in [0.717, 1.165) is 16.7 Å². The highest BCUT2D eigenvalue weighted by Gasteiger charge is 2.21. The number of benzene rings is 3. The highest BCUT2D eigenvalue weighted by atomic mass is 35.5. The minimum atomic E-state index is -0.676. The third kappa shape index (κ3) is 6.52. The van der Waals surface area contributed by atoms with Crippen molar-refractivity contribution < 1.29 is 9.59 Å². The van der Waals surface area contributed by atoms with Crippen LogP contribution in [0.5, 0.6) is 0 Å². The molecule has 0 spiro atoms. The summed E-state index contributed by atoms with van der Waals surface area (Å²) in [6.45, 7) is 4.06. The summed E-state index contributed by atoms with van der Waals surface area (Å²) < 4.78 is 1.49. The lowest BCUT2D eigenvalue weighted by Gasteiger charge is -2.17. The molecule has 8 heteroatoms. The predicted octanol–water partition coefficient (Wildman–Crippen LogP) is 4.49. The van der Waals surface area contributed by atoms with Crippen molar-refractivity contribution in [3.05, 3.63) is 112 Å². The van der Waals surface area contributed by atoms with Gasteiger partial charge >= 0.3 is 0 Å². The molecule has 1 aromatic heterocycles. The molecule has 1 atom stereocenters. The number of carbonyl (C=O) groups excluding carboxylic acids is 2. The van der Waals surface area contributed by atoms with Crippen LogP contribution >= 0.6 is 11.6 Å². The van der Waals surface area contributed by atoms with Crippen LogP contribution in [-0.2, 0) is 22.4 Å². The van der Waals surface area contributed by atoms with Gasteiger partial charge in [-0.05, 0) is 77.2 Å². The minimum Gasteiger partial charge on any atom is -0.342 e. The van der Waals surface area contributed by atoms with E-state index in [0.29, 0.717) is 22.7 Å². The number of aryl methyl sites for hydroxylation is 2. The topological polar surface area (TPSA) is 89.8 Å². The summed E-state index contributed by atoms with van der Waals surface area (Å²) in [6.07, 6.45) is 5.12. The fourth-order valence-electron chi connectivity index (χ4n) is 3.86. The van der Waals surface area contributed by atoms with Crippen molar-refractivity contribution in [3.8, 4) is 5.69 Å². The molecule has 0 saturated heterocycles. The SMILES string of the molecule is Cc1ccc(CC(=O)[C@H](Cc2ccccc2)NC(=O)/C=C/c2cc(Cl)ccc2-n2cnnn2)cc1C. The van der Waals surface area contributed by atoms with Gasteiger partial charge in [-0.1, -0.05) is 60.1 Å². The van der Waals surface area contributed by atoms with E-state index < -0.39 is 6.04 Å². The molecule has 0 aliphatic carbocycles. The van der Waals surface area contributed by atoms with Crippen molar-refractivity contribution in [2.24, 2.45) is 0 Å². The van der Waals surface area contributed by atoms with Gasteiger partial charge in [-0.15, -0.1) is 5.10 Å². The van der Waals surface area contributed by atoms with Gasteiger partial charge < -0.3 is 5.32 Å². The molecule has 4 aromatic rings. The summed E-state index contributed by atoms with van der Waals surface area (Å²) >= 11 is 6.17. The number of hydrogen-bond donors (Lipinski definition) is 1. The van der Waals surface area contributed by atoms with E-state index in [1.165, 1.54) is 22.6 Å². The highest BCUT2D eigenvalue weighted by molar-refractivity contribution is 6.30. The number of halogens is 1. The Morgan fingerprint density at radius 2 is 1.81 bits per heavy atom. The van der Waals surface area contributed by atoms with E-state index in [1.807, 2.05) is 62.4 Å². The molecule has 7 nitrogen and oxygen atoms in total. The maximum Gasteiger partial charge on any atom is 0.244 e. The zero-order valence-electron chi connectivity index (χ0n) is 20.1. The number of hydrogen-bond acceptors (Lipinski definition) is 5. The van der Waals surface area contributed by atoms with Crippen LogP contribution in [0, 0.1) is 13.8 Å². The largest absolute Gasteiger partial charge is 0.342 e. The molecule has 0 radical (unpaired) electrons. The molecule has 182 valence electrons. The summed E-state index contributed by atoms with van der Waals surface area (Å²) in [7, 11) is 0. The van der Waals surface area contributed by atoms with Gasteiger partial charge in [0.2, 0.25) is 5.91 Å². The third-order valence-electron chi connectivity index (χ3n) is 5.94. The molecule has 1 amide bonds. The summed E-state index contributed by atoms with van der Waals surface area (Å²) in [5.41, 5.74) is 5.53. The van der Waals surface area contributed by atoms with Gasteiger partial charge in [0, 0.05) is 23.1 Å². The fourth-order valence-corrected chi connectivity index (χ4v) is 4.04. The third-order valence-corrected chi connectivity index (χ3v) is 6.17. The number of tetrazole rings is 1. The quantitative estimate of drug-likeness (QED) is 0.343. The molecule has 1 N–H and O–H groups in total. The monoisotopic (exact) mass is 499 g/mol. The van der Waals surface area contributed by atoms with Crippen molar-refractivity contribution in [2.75, 3.05) is 0 Å². The molecule has 0 fully saturated rings. The van der Waals surface area contributed by atoms with E-state index in [2.05, 4.69) is 20.8 Å². The van der Waals surface area contributed by atoms with Gasteiger partial charge in [-0.25, -0.2) is 0 Å². The Balaban J connectivity index is 1.53. The van der Waals surface area contributed by atoms with Crippen LogP contribution < -0.4 is 5.32 Å². The van der Waals surface area contributed by atoms with Gasteiger partial charge in [0.15, 0.2) is 5.78 Å². The van der Waals surface area contributed by atoms with E-state index >= 15 is 0 Å². The van der Waals surface area contributed by atoms with E-state index in [-0.39, 0.29) is 18.1 Å². The Morgan fingerprint density at radius 3 is 2.53 bits per heavy atom. The number of Topliss-reactive ketones (excluding diaryl/α,β-unsaturated/α-hetero) is 1. The van der Waals surface area contributed by atoms with Crippen LogP contribution in [0.25, 0.3) is 11.8 Å². The molecular formula is C28H26ClN5O2. The molecular weight excluding hydrogens is 474 g/mol. The zero-order chi connectivity index (χ0) is 25.5. The van der Waals surface area contributed by atoms with Gasteiger partial charge in [-0.2, -0.15) is 4.68 Å². The number of nitrogens with one attached hydrogen (secondary N) is 1. The highest BCUT2D eigenvalue weighted by Crippen LogP contribution is 2.20. The Bertz CT molecular complexity index is 1380. The second-order valence-corrected chi connectivity index (χ2v) is 9.04. The number of carbonyl (C=O) groups is 2. The van der Waals surface area contributed by atoms with Gasteiger partial charge in [-0.3, -0.25) is 9.59 Å². The van der Waals surface area contributed by atoms with Crippen molar-refractivity contribution in [2.45, 2.75) is 32.7 Å². The van der Waals surface area contributed by atoms with Gasteiger partial charge in [0.25, 0.3) is 0 Å². The Kier molecular flexibility index (Phi) is 8.02. The molecule has 0 aliphatic rings. The number of rotatable bonds is 9. The number of ketones is 1. The Hall–Kier alpha value is -4.10. The van der Waals surface area contributed by atoms with Crippen LogP contribution in [0.15, 0.2) is 79.1 Å². The van der Waals surface area contributed by atoms with Crippen molar-refractivity contribution >= 4 is 29.4 Å². The zero-order valence-corrected chi connectivity index (χ0v) is 20.8. The van der Waals surface area contributed by atoms with Gasteiger partial charge in [0.05, 0.1) is 11.7 Å². The van der Waals surface area contributed by atoms with Crippen LogP contribution in [-0.4, -0.2) is 37.9 Å². The summed E-state index contributed by atoms with van der Waals surface area (Å²) in [6, 6.07) is 20.2. The molecule has 0 saturated carbocycles. The average Bonchev–Trinajstić information content (AvgIpc) is 3.40. The average molecular weight is 500 g/mol. The Morgan fingerprint density at radius 1 is 1.00 bits per heavy atom. The van der Waals surface area contributed by atoms with E-state index in [1.54, 1.807) is 24.3 Å². The molecule has 0 bridgehead atoms. The van der Waals surface area contributed by atoms with Crippen LogP contribution in [0.1, 0.15) is 27.8 Å². The number of aromatic nitrogens is 4. The number of nitrogens with zero attached hydrogens (tertiary/aromatic N) is 4. The maximum absolute atomic E-state index is 13.3. The van der Waals surface area contributed by atoms with Crippen LogP contribution in [0.4, 0.5) is 0 Å². The van der Waals surface area contributed by atoms with Crippen molar-refractivity contribution in [1.29, 1.82) is 0 Å². The summed E-state index contributed by atoms with van der Waals surface area (Å²) in [5, 5.41) is 14.6. The number of amides is 1. The molecule has 1 heterocycles. The molecule has 3 aromatic carbocycles. The van der Waals surface area contributed by atoms with E-state index in [4.69, 9.17) is 11.6 Å². The smallest absolute Gasteiger partial charge is 0.244 e. The first-order valence-corrected chi connectivity index (χ1v) is 11.9. The lowest BCUT2D eigenvalue weighted by molar-refractivity contribution is -0.125. The van der Waals surface area contributed by atoms with Crippen molar-refractivity contribution in [3.63, 3.8) is 0 Å². The first kappa shape index (κ1) is 25.0. The first-order valence-electron chi connectivity index (χ1n) is 11.5. The fraction of sp³-hybridized carbons (Fsp3) is 0.179. The second-order valence-electron chi connectivity index (χ2n) is 8.60. The lowest BCUT2D eigenvalue weighted by atomic mass is 9.96. The van der Waals surface area contributed by atoms with E-state index in [9.17, 15) is 9.59 Å². The van der Waals surface area contributed by atoms with Crippen molar-refractivity contribution in [1.82, 2.24) is 25.5 Å². The molecule has 4 rings (SSSR count). The molecule has 36 heavy (non-hydrogen) atoms. The summed E-state index contributed by atoms with van der Waals surface area (Å²) in [4.78, 5) is 26.2. The predicted molar refractivity (Wildman–Crippen MR) is 140 cm³/mol. The second kappa shape index (κ2) is 11.6. The van der Waals surface area contributed by atoms with Crippen LogP contribution in [0.3, 0.4) is 0 Å². The minimum absolute atomic E-state index is 0.0546. The molecule has 0 unspecified atom stereocenters. The first-order chi connectivity index (χ1) is 17.4. The maximum atomic E-state index is 13.3. The summed E-state index contributed by atoms with van der Waals surface area (Å²) in [5.74, 6) is -0.437. The molecule has 0 aliphatic heterocycles. The lowest BCUT2D eigenvalue weighted by Crippen LogP contribution is -2.42. The normalized spacial score (nSPS) is 12.0. The Labute approximate surface area is 214 Å². The van der Waals surface area contributed by atoms with Gasteiger partial charge in [0.1, 0.15) is 6.33 Å². The van der Waals surface area contributed by atoms with Crippen LogP contribution in [0.2, 0.25) is 5.02 Å². The standard InChI is InChI=1S/C28H26ClN5O2/c1-19-8-9-22(14-20(19)2)16-27(35)25(15-21-6-4-3-5-7-21)31-28(36)13-10-23-17-24(29)11-12-26(23)34-18-30-32-33-34/h3-14,17-18,25H,15-16H2,1-2H3,(H,31,36)/b13-10+/t25-/m0/s1.